The summed E-state index contributed by atoms with van der Waals surface area (Å²) >= 11 is 0. The quantitative estimate of drug-likeness (QED) is 0.863. The van der Waals surface area contributed by atoms with E-state index in [1.165, 1.54) is 69.9 Å². The van der Waals surface area contributed by atoms with Crippen molar-refractivity contribution in [3.05, 3.63) is 30.2 Å². The highest BCUT2D eigenvalue weighted by atomic mass is 15.2. The number of fused-ring (bicyclic) bond motifs is 1. The van der Waals surface area contributed by atoms with E-state index in [0.717, 1.165) is 11.6 Å². The molecule has 2 aromatic rings. The van der Waals surface area contributed by atoms with Crippen LogP contribution in [0.3, 0.4) is 0 Å². The maximum atomic E-state index is 4.38. The SMILES string of the molecule is Cc1cc2nccn2cc1N1CCC(CN2CCN(C)CC2)CC1. The van der Waals surface area contributed by atoms with Crippen LogP contribution in [0.5, 0.6) is 0 Å². The second-order valence-corrected chi connectivity index (χ2v) is 7.57. The van der Waals surface area contributed by atoms with E-state index >= 15 is 0 Å². The summed E-state index contributed by atoms with van der Waals surface area (Å²) in [5.74, 6) is 0.863. The van der Waals surface area contributed by atoms with Crippen LogP contribution in [0.4, 0.5) is 5.69 Å². The Morgan fingerprint density at radius 2 is 1.83 bits per heavy atom. The molecule has 4 rings (SSSR count). The molecule has 0 aliphatic carbocycles. The van der Waals surface area contributed by atoms with E-state index in [-0.39, 0.29) is 0 Å². The van der Waals surface area contributed by atoms with Crippen LogP contribution in [0, 0.1) is 12.8 Å². The Morgan fingerprint density at radius 3 is 2.58 bits per heavy atom. The summed E-state index contributed by atoms with van der Waals surface area (Å²) in [6.07, 6.45) is 8.79. The van der Waals surface area contributed by atoms with Crippen molar-refractivity contribution in [1.82, 2.24) is 19.2 Å². The minimum atomic E-state index is 0.863. The van der Waals surface area contributed by atoms with E-state index in [4.69, 9.17) is 0 Å². The molecule has 5 nitrogen and oxygen atoms in total. The predicted molar refractivity (Wildman–Crippen MR) is 98.8 cm³/mol. The largest absolute Gasteiger partial charge is 0.370 e. The van der Waals surface area contributed by atoms with Crippen molar-refractivity contribution < 1.29 is 0 Å². The summed E-state index contributed by atoms with van der Waals surface area (Å²) in [5, 5.41) is 0. The fourth-order valence-electron chi connectivity index (χ4n) is 4.13. The van der Waals surface area contributed by atoms with Crippen LogP contribution < -0.4 is 4.90 Å². The third kappa shape index (κ3) is 3.28. The fraction of sp³-hybridized carbons (Fsp3) is 0.632. The lowest BCUT2D eigenvalue weighted by Gasteiger charge is -2.39. The molecule has 0 N–H and O–H groups in total. The van der Waals surface area contributed by atoms with E-state index in [1.54, 1.807) is 0 Å². The van der Waals surface area contributed by atoms with Crippen LogP contribution in [-0.4, -0.2) is 72.0 Å². The molecule has 0 aromatic carbocycles. The Morgan fingerprint density at radius 1 is 1.08 bits per heavy atom. The molecule has 0 saturated carbocycles. The van der Waals surface area contributed by atoms with Crippen molar-refractivity contribution in [1.29, 1.82) is 0 Å². The lowest BCUT2D eigenvalue weighted by Crippen LogP contribution is -2.47. The van der Waals surface area contributed by atoms with Gasteiger partial charge in [-0.2, -0.15) is 0 Å². The van der Waals surface area contributed by atoms with E-state index in [2.05, 4.69) is 50.3 Å². The summed E-state index contributed by atoms with van der Waals surface area (Å²) in [6.45, 7) is 10.8. The molecule has 24 heavy (non-hydrogen) atoms. The van der Waals surface area contributed by atoms with Gasteiger partial charge in [-0.05, 0) is 44.4 Å². The van der Waals surface area contributed by atoms with Crippen molar-refractivity contribution in [2.75, 3.05) is 57.8 Å². The summed E-state index contributed by atoms with van der Waals surface area (Å²) < 4.78 is 2.14. The van der Waals surface area contributed by atoms with Crippen LogP contribution in [0.2, 0.25) is 0 Å². The number of hydrogen-bond acceptors (Lipinski definition) is 4. The molecule has 0 bridgehead atoms. The molecule has 2 fully saturated rings. The maximum Gasteiger partial charge on any atom is 0.137 e. The first-order chi connectivity index (χ1) is 11.7. The molecular weight excluding hydrogens is 298 g/mol. The van der Waals surface area contributed by atoms with Gasteiger partial charge in [0.2, 0.25) is 0 Å². The molecule has 4 heterocycles. The standard InChI is InChI=1S/C19H29N5/c1-16-13-19-20-5-8-24(19)15-18(16)23-6-3-17(4-7-23)14-22-11-9-21(2)10-12-22/h5,8,13,15,17H,3-4,6-7,9-12,14H2,1-2H3. The molecule has 0 atom stereocenters. The summed E-state index contributed by atoms with van der Waals surface area (Å²) in [4.78, 5) is 12.1. The van der Waals surface area contributed by atoms with Gasteiger partial charge in [0.05, 0.1) is 5.69 Å². The van der Waals surface area contributed by atoms with Crippen molar-refractivity contribution in [2.45, 2.75) is 19.8 Å². The van der Waals surface area contributed by atoms with E-state index in [1.807, 2.05) is 12.4 Å². The van der Waals surface area contributed by atoms with Gasteiger partial charge in [-0.15, -0.1) is 0 Å². The van der Waals surface area contributed by atoms with Crippen LogP contribution in [0.1, 0.15) is 18.4 Å². The average molecular weight is 327 g/mol. The molecule has 0 radical (unpaired) electrons. The second kappa shape index (κ2) is 6.73. The number of nitrogens with zero attached hydrogens (tertiary/aromatic N) is 5. The van der Waals surface area contributed by atoms with Crippen molar-refractivity contribution in [3.63, 3.8) is 0 Å². The first kappa shape index (κ1) is 15.9. The fourth-order valence-corrected chi connectivity index (χ4v) is 4.13. The first-order valence-electron chi connectivity index (χ1n) is 9.28. The minimum absolute atomic E-state index is 0.863. The Balaban J connectivity index is 1.36. The molecular formula is C19H29N5. The van der Waals surface area contributed by atoms with Crippen molar-refractivity contribution in [2.24, 2.45) is 5.92 Å². The van der Waals surface area contributed by atoms with Gasteiger partial charge in [0, 0.05) is 64.4 Å². The Hall–Kier alpha value is -1.59. The Kier molecular flexibility index (Phi) is 4.46. The third-order valence-electron chi connectivity index (χ3n) is 5.78. The lowest BCUT2D eigenvalue weighted by atomic mass is 9.95. The number of piperazine rings is 1. The van der Waals surface area contributed by atoms with Gasteiger partial charge in [-0.25, -0.2) is 4.98 Å². The van der Waals surface area contributed by atoms with Crippen LogP contribution in [0.25, 0.3) is 5.65 Å². The highest BCUT2D eigenvalue weighted by molar-refractivity contribution is 5.58. The maximum absolute atomic E-state index is 4.38. The van der Waals surface area contributed by atoms with E-state index in [9.17, 15) is 0 Å². The van der Waals surface area contributed by atoms with Gasteiger partial charge in [0.1, 0.15) is 5.65 Å². The highest BCUT2D eigenvalue weighted by Crippen LogP contribution is 2.27. The number of piperidine rings is 1. The molecule has 2 aliphatic heterocycles. The van der Waals surface area contributed by atoms with Gasteiger partial charge in [-0.3, -0.25) is 0 Å². The number of hydrogen-bond donors (Lipinski definition) is 0. The smallest absolute Gasteiger partial charge is 0.137 e. The van der Waals surface area contributed by atoms with Crippen LogP contribution in [-0.2, 0) is 0 Å². The number of aryl methyl sites for hydroxylation is 1. The normalized spacial score (nSPS) is 21.7. The minimum Gasteiger partial charge on any atom is -0.370 e. The molecule has 2 aromatic heterocycles. The predicted octanol–water partition coefficient (Wildman–Crippen LogP) is 2.11. The van der Waals surface area contributed by atoms with Gasteiger partial charge >= 0.3 is 0 Å². The molecule has 0 spiro atoms. The number of imidazole rings is 1. The van der Waals surface area contributed by atoms with E-state index in [0.29, 0.717) is 0 Å². The molecule has 2 aliphatic rings. The third-order valence-corrected chi connectivity index (χ3v) is 5.78. The zero-order valence-electron chi connectivity index (χ0n) is 15.0. The van der Waals surface area contributed by atoms with Crippen LogP contribution >= 0.6 is 0 Å². The van der Waals surface area contributed by atoms with Crippen LogP contribution in [0.15, 0.2) is 24.7 Å². The van der Waals surface area contributed by atoms with Crippen molar-refractivity contribution >= 4 is 11.3 Å². The number of likely N-dealkylation sites (N-methyl/N-ethyl adjacent to an activating group) is 1. The number of anilines is 1. The number of aromatic nitrogens is 2. The van der Waals surface area contributed by atoms with Gasteiger partial charge < -0.3 is 19.1 Å². The molecule has 0 amide bonds. The first-order valence-corrected chi connectivity index (χ1v) is 9.28. The molecule has 5 heteroatoms. The second-order valence-electron chi connectivity index (χ2n) is 7.57. The van der Waals surface area contributed by atoms with Gasteiger partial charge in [-0.1, -0.05) is 0 Å². The molecule has 130 valence electrons. The summed E-state index contributed by atoms with van der Waals surface area (Å²) in [6, 6.07) is 2.20. The summed E-state index contributed by atoms with van der Waals surface area (Å²) in [5.41, 5.74) is 3.76. The molecule has 0 unspecified atom stereocenters. The number of pyridine rings is 1. The van der Waals surface area contributed by atoms with Gasteiger partial charge in [0.15, 0.2) is 0 Å². The van der Waals surface area contributed by atoms with Gasteiger partial charge in [0.25, 0.3) is 0 Å². The summed E-state index contributed by atoms with van der Waals surface area (Å²) in [7, 11) is 2.23. The highest BCUT2D eigenvalue weighted by Gasteiger charge is 2.24. The topological polar surface area (TPSA) is 27.0 Å². The zero-order valence-corrected chi connectivity index (χ0v) is 15.0. The Labute approximate surface area is 144 Å². The zero-order chi connectivity index (χ0) is 16.5. The monoisotopic (exact) mass is 327 g/mol. The molecule has 2 saturated heterocycles. The lowest BCUT2D eigenvalue weighted by molar-refractivity contribution is 0.129. The van der Waals surface area contributed by atoms with Crippen molar-refractivity contribution in [3.8, 4) is 0 Å². The van der Waals surface area contributed by atoms with E-state index < -0.39 is 0 Å². The Bertz CT molecular complexity index is 678. The number of rotatable bonds is 3. The average Bonchev–Trinajstić information content (AvgIpc) is 3.04.